The van der Waals surface area contributed by atoms with Crippen LogP contribution < -0.4 is 5.32 Å². The van der Waals surface area contributed by atoms with E-state index in [0.717, 1.165) is 23.3 Å². The maximum Gasteiger partial charge on any atom is 0.207 e. The van der Waals surface area contributed by atoms with Crippen LogP contribution in [0, 0.1) is 0 Å². The summed E-state index contributed by atoms with van der Waals surface area (Å²) in [5.74, 6) is 0.994. The van der Waals surface area contributed by atoms with E-state index in [2.05, 4.69) is 62.0 Å². The fourth-order valence-electron chi connectivity index (χ4n) is 2.18. The van der Waals surface area contributed by atoms with Crippen LogP contribution in [-0.2, 0) is 15.6 Å². The number of H-pyrrole nitrogens is 1. The first-order valence-corrected chi connectivity index (χ1v) is 6.92. The van der Waals surface area contributed by atoms with Crippen LogP contribution in [0.4, 0.5) is 0 Å². The van der Waals surface area contributed by atoms with Crippen LogP contribution in [0.5, 0.6) is 0 Å². The highest BCUT2D eigenvalue weighted by Gasteiger charge is 2.22. The van der Waals surface area contributed by atoms with Crippen LogP contribution in [0.1, 0.15) is 46.0 Å². The summed E-state index contributed by atoms with van der Waals surface area (Å²) in [6, 6.07) is 6.26. The second-order valence-electron chi connectivity index (χ2n) is 6.95. The number of hydrogen-bond donors (Lipinski definition) is 2. The summed E-state index contributed by atoms with van der Waals surface area (Å²) in [4.78, 5) is 18.5. The molecule has 2 aromatic rings. The van der Waals surface area contributed by atoms with Gasteiger partial charge in [0.15, 0.2) is 0 Å². The van der Waals surface area contributed by atoms with Crippen molar-refractivity contribution in [1.82, 2.24) is 15.3 Å². The van der Waals surface area contributed by atoms with Gasteiger partial charge in [-0.05, 0) is 17.7 Å². The van der Waals surface area contributed by atoms with Gasteiger partial charge in [-0.25, -0.2) is 4.98 Å². The fraction of sp³-hybridized carbons (Fsp3) is 0.500. The maximum atomic E-state index is 10.5. The predicted octanol–water partition coefficient (Wildman–Crippen LogP) is 2.88. The summed E-state index contributed by atoms with van der Waals surface area (Å²) in [6.45, 7) is 11.3. The zero-order chi connectivity index (χ0) is 15.0. The van der Waals surface area contributed by atoms with Crippen molar-refractivity contribution in [2.75, 3.05) is 6.54 Å². The third-order valence-electron chi connectivity index (χ3n) is 3.60. The first kappa shape index (κ1) is 14.6. The van der Waals surface area contributed by atoms with Gasteiger partial charge in [0.2, 0.25) is 6.41 Å². The molecule has 2 N–H and O–H groups in total. The van der Waals surface area contributed by atoms with Crippen molar-refractivity contribution in [2.45, 2.75) is 45.4 Å². The van der Waals surface area contributed by atoms with E-state index < -0.39 is 0 Å². The van der Waals surface area contributed by atoms with E-state index in [4.69, 9.17) is 0 Å². The lowest BCUT2D eigenvalue weighted by atomic mass is 9.84. The van der Waals surface area contributed by atoms with Gasteiger partial charge in [-0.1, -0.05) is 40.7 Å². The van der Waals surface area contributed by atoms with Crippen molar-refractivity contribution in [3.8, 4) is 0 Å². The lowest BCUT2D eigenvalue weighted by Crippen LogP contribution is -2.32. The average molecular weight is 273 g/mol. The summed E-state index contributed by atoms with van der Waals surface area (Å²) in [7, 11) is 0. The number of benzene rings is 1. The van der Waals surface area contributed by atoms with Gasteiger partial charge in [-0.15, -0.1) is 0 Å². The van der Waals surface area contributed by atoms with Crippen LogP contribution in [0.25, 0.3) is 11.0 Å². The smallest absolute Gasteiger partial charge is 0.207 e. The molecule has 1 heterocycles. The van der Waals surface area contributed by atoms with Crippen LogP contribution in [0.3, 0.4) is 0 Å². The van der Waals surface area contributed by atoms with Gasteiger partial charge >= 0.3 is 0 Å². The van der Waals surface area contributed by atoms with E-state index in [1.165, 1.54) is 5.56 Å². The molecule has 2 rings (SSSR count). The van der Waals surface area contributed by atoms with Gasteiger partial charge in [0, 0.05) is 17.4 Å². The van der Waals surface area contributed by atoms with Gasteiger partial charge < -0.3 is 10.3 Å². The number of nitrogens with one attached hydrogen (secondary N) is 2. The molecule has 4 nitrogen and oxygen atoms in total. The minimum absolute atomic E-state index is 0.00771. The van der Waals surface area contributed by atoms with Gasteiger partial charge in [0.1, 0.15) is 5.82 Å². The molecule has 0 aliphatic rings. The average Bonchev–Trinajstić information content (AvgIpc) is 2.79. The monoisotopic (exact) mass is 273 g/mol. The number of aromatic amines is 1. The van der Waals surface area contributed by atoms with E-state index in [0.29, 0.717) is 6.54 Å². The number of amides is 1. The molecular formula is C16H23N3O. The van der Waals surface area contributed by atoms with Crippen LogP contribution in [0.15, 0.2) is 18.2 Å². The molecule has 108 valence electrons. The van der Waals surface area contributed by atoms with Crippen LogP contribution >= 0.6 is 0 Å². The Bertz CT molecular complexity index is 620. The molecule has 0 bridgehead atoms. The molecule has 0 spiro atoms. The molecule has 1 aromatic carbocycles. The Hall–Kier alpha value is -1.84. The molecule has 1 aromatic heterocycles. The maximum absolute atomic E-state index is 10.5. The number of carbonyl (C=O) groups is 1. The lowest BCUT2D eigenvalue weighted by Gasteiger charge is -2.24. The Morgan fingerprint density at radius 1 is 1.25 bits per heavy atom. The number of rotatable bonds is 4. The summed E-state index contributed by atoms with van der Waals surface area (Å²) in [5.41, 5.74) is 3.11. The molecule has 0 unspecified atom stereocenters. The molecule has 4 heteroatoms. The van der Waals surface area contributed by atoms with Gasteiger partial charge in [-0.3, -0.25) is 4.79 Å². The summed E-state index contributed by atoms with van der Waals surface area (Å²) < 4.78 is 0. The number of aromatic nitrogens is 2. The zero-order valence-corrected chi connectivity index (χ0v) is 12.9. The normalized spacial score (nSPS) is 12.7. The number of nitrogens with zero attached hydrogens (tertiary/aromatic N) is 1. The molecule has 0 aliphatic heterocycles. The molecular weight excluding hydrogens is 250 g/mol. The van der Waals surface area contributed by atoms with E-state index in [9.17, 15) is 4.79 Å². The third kappa shape index (κ3) is 2.84. The topological polar surface area (TPSA) is 57.8 Å². The Morgan fingerprint density at radius 3 is 2.55 bits per heavy atom. The predicted molar refractivity (Wildman–Crippen MR) is 81.9 cm³/mol. The van der Waals surface area contributed by atoms with Crippen molar-refractivity contribution in [3.63, 3.8) is 0 Å². The third-order valence-corrected chi connectivity index (χ3v) is 3.60. The Morgan fingerprint density at radius 2 is 1.95 bits per heavy atom. The first-order chi connectivity index (χ1) is 9.24. The number of hydrogen-bond acceptors (Lipinski definition) is 2. The number of imidazole rings is 1. The minimum atomic E-state index is -0.109. The Balaban J connectivity index is 2.41. The van der Waals surface area contributed by atoms with Crippen LogP contribution in [0.2, 0.25) is 0 Å². The van der Waals surface area contributed by atoms with Crippen molar-refractivity contribution in [2.24, 2.45) is 0 Å². The van der Waals surface area contributed by atoms with Crippen molar-refractivity contribution in [3.05, 3.63) is 29.6 Å². The van der Waals surface area contributed by atoms with Gasteiger partial charge in [0.05, 0.1) is 11.0 Å². The second kappa shape index (κ2) is 4.93. The molecule has 0 aliphatic carbocycles. The number of fused-ring (bicyclic) bond motifs is 1. The highest BCUT2D eigenvalue weighted by molar-refractivity contribution is 5.76. The highest BCUT2D eigenvalue weighted by atomic mass is 16.1. The van der Waals surface area contributed by atoms with Crippen LogP contribution in [-0.4, -0.2) is 22.9 Å². The Labute approximate surface area is 120 Å². The van der Waals surface area contributed by atoms with E-state index in [1.54, 1.807) is 0 Å². The molecule has 0 saturated heterocycles. The van der Waals surface area contributed by atoms with E-state index in [-0.39, 0.29) is 10.8 Å². The largest absolute Gasteiger partial charge is 0.358 e. The number of carbonyl (C=O) groups excluding carboxylic acids is 1. The molecule has 1 amide bonds. The molecule has 0 saturated carbocycles. The van der Waals surface area contributed by atoms with Crippen molar-refractivity contribution in [1.29, 1.82) is 0 Å². The quantitative estimate of drug-likeness (QED) is 0.842. The molecule has 20 heavy (non-hydrogen) atoms. The Kier molecular flexibility index (Phi) is 3.59. The van der Waals surface area contributed by atoms with Crippen molar-refractivity contribution >= 4 is 17.4 Å². The SMILES string of the molecule is CC(C)(C)c1nc2ccc(C(C)(C)CNC=O)cc2[nH]1. The molecule has 0 radical (unpaired) electrons. The summed E-state index contributed by atoms with van der Waals surface area (Å²) in [5, 5.41) is 2.76. The molecule has 0 atom stereocenters. The molecule has 0 fully saturated rings. The summed E-state index contributed by atoms with van der Waals surface area (Å²) >= 11 is 0. The highest BCUT2D eigenvalue weighted by Crippen LogP contribution is 2.27. The zero-order valence-electron chi connectivity index (χ0n) is 12.9. The van der Waals surface area contributed by atoms with E-state index in [1.807, 2.05) is 6.07 Å². The standard InChI is InChI=1S/C16H23N3O/c1-15(2,3)14-18-12-7-6-11(8-13(12)19-14)16(4,5)9-17-10-20/h6-8,10H,9H2,1-5H3,(H,17,20)(H,18,19). The van der Waals surface area contributed by atoms with Gasteiger partial charge in [0.25, 0.3) is 0 Å². The van der Waals surface area contributed by atoms with Crippen molar-refractivity contribution < 1.29 is 4.79 Å². The van der Waals surface area contributed by atoms with E-state index >= 15 is 0 Å². The second-order valence-corrected chi connectivity index (χ2v) is 6.95. The first-order valence-electron chi connectivity index (χ1n) is 6.92. The fourth-order valence-corrected chi connectivity index (χ4v) is 2.18. The minimum Gasteiger partial charge on any atom is -0.358 e. The summed E-state index contributed by atoms with van der Waals surface area (Å²) in [6.07, 6.45) is 0.744. The van der Waals surface area contributed by atoms with Gasteiger partial charge in [-0.2, -0.15) is 0 Å². The lowest BCUT2D eigenvalue weighted by molar-refractivity contribution is -0.109.